The molecule has 0 radical (unpaired) electrons. The van der Waals surface area contributed by atoms with E-state index in [4.69, 9.17) is 14.6 Å². The number of carboxylic acid groups (broad SMARTS) is 1. The molecule has 0 aliphatic heterocycles. The number of hydrogen-bond acceptors (Lipinski definition) is 4. The minimum Gasteiger partial charge on any atom is -0.493 e. The molecular weight excluding hydrogens is 248 g/mol. The van der Waals surface area contributed by atoms with Crippen LogP contribution in [0.25, 0.3) is 0 Å². The first-order valence-corrected chi connectivity index (χ1v) is 5.84. The summed E-state index contributed by atoms with van der Waals surface area (Å²) in [6, 6.07) is 4.73. The minimum atomic E-state index is -1.16. The first-order chi connectivity index (χ1) is 9.08. The van der Waals surface area contributed by atoms with Crippen molar-refractivity contribution in [3.8, 4) is 11.5 Å². The maximum atomic E-state index is 11.7. The van der Waals surface area contributed by atoms with Gasteiger partial charge in [0.2, 0.25) is 0 Å². The summed E-state index contributed by atoms with van der Waals surface area (Å²) in [4.78, 5) is 22.0. The number of rotatable bonds is 7. The van der Waals surface area contributed by atoms with Crippen LogP contribution >= 0.6 is 0 Å². The summed E-state index contributed by atoms with van der Waals surface area (Å²) in [5.41, 5.74) is 0.346. The van der Waals surface area contributed by atoms with E-state index in [1.807, 2.05) is 6.92 Å². The highest BCUT2D eigenvalue weighted by Crippen LogP contribution is 2.28. The minimum absolute atomic E-state index is 0.346. The highest BCUT2D eigenvalue weighted by atomic mass is 16.5. The molecule has 1 N–H and O–H groups in total. The van der Waals surface area contributed by atoms with Gasteiger partial charge >= 0.3 is 5.97 Å². The molecule has 0 amide bonds. The van der Waals surface area contributed by atoms with Gasteiger partial charge in [-0.2, -0.15) is 0 Å². The van der Waals surface area contributed by atoms with Crippen molar-refractivity contribution in [1.82, 2.24) is 0 Å². The molecule has 0 saturated carbocycles. The maximum Gasteiger partial charge on any atom is 0.328 e. The molecule has 1 aromatic carbocycles. The van der Waals surface area contributed by atoms with E-state index >= 15 is 0 Å². The van der Waals surface area contributed by atoms with Gasteiger partial charge in [0.25, 0.3) is 0 Å². The summed E-state index contributed by atoms with van der Waals surface area (Å²) in [6.45, 7) is 2.55. The number of ketones is 1. The van der Waals surface area contributed by atoms with Crippen LogP contribution in [0.5, 0.6) is 11.5 Å². The van der Waals surface area contributed by atoms with Crippen molar-refractivity contribution in [3.05, 3.63) is 35.9 Å². The third-order valence-electron chi connectivity index (χ3n) is 2.29. The molecule has 0 unspecified atom stereocenters. The van der Waals surface area contributed by atoms with Crippen LogP contribution in [-0.4, -0.2) is 30.6 Å². The Morgan fingerprint density at radius 1 is 1.26 bits per heavy atom. The maximum absolute atomic E-state index is 11.7. The summed E-state index contributed by atoms with van der Waals surface area (Å²) in [6.07, 6.45) is 2.67. The molecule has 0 aromatic heterocycles. The second kappa shape index (κ2) is 7.20. The smallest absolute Gasteiger partial charge is 0.328 e. The van der Waals surface area contributed by atoms with Crippen molar-refractivity contribution in [2.24, 2.45) is 0 Å². The van der Waals surface area contributed by atoms with E-state index in [0.29, 0.717) is 23.7 Å². The lowest BCUT2D eigenvalue weighted by Crippen LogP contribution is -2.01. The fourth-order valence-electron chi connectivity index (χ4n) is 1.40. The average molecular weight is 264 g/mol. The number of hydrogen-bond donors (Lipinski definition) is 1. The van der Waals surface area contributed by atoms with Gasteiger partial charge in [0.1, 0.15) is 0 Å². The molecule has 0 aliphatic carbocycles. The third kappa shape index (κ3) is 4.46. The predicted molar refractivity (Wildman–Crippen MR) is 69.9 cm³/mol. The Morgan fingerprint density at radius 2 is 2.00 bits per heavy atom. The number of benzene rings is 1. The van der Waals surface area contributed by atoms with Crippen LogP contribution < -0.4 is 9.47 Å². The Kier molecular flexibility index (Phi) is 5.60. The normalized spacial score (nSPS) is 10.4. The summed E-state index contributed by atoms with van der Waals surface area (Å²) >= 11 is 0. The quantitative estimate of drug-likeness (QED) is 0.604. The summed E-state index contributed by atoms with van der Waals surface area (Å²) < 4.78 is 10.6. The Balaban J connectivity index is 2.92. The van der Waals surface area contributed by atoms with E-state index in [1.165, 1.54) is 13.2 Å². The zero-order chi connectivity index (χ0) is 14.3. The molecule has 1 rings (SSSR count). The molecule has 102 valence electrons. The Morgan fingerprint density at radius 3 is 2.58 bits per heavy atom. The van der Waals surface area contributed by atoms with Crippen molar-refractivity contribution < 1.29 is 24.2 Å². The molecule has 1 aromatic rings. The van der Waals surface area contributed by atoms with Gasteiger partial charge in [0.05, 0.1) is 13.7 Å². The molecule has 0 saturated heterocycles. The monoisotopic (exact) mass is 264 g/mol. The van der Waals surface area contributed by atoms with E-state index in [1.54, 1.807) is 12.1 Å². The summed E-state index contributed by atoms with van der Waals surface area (Å²) in [7, 11) is 1.48. The van der Waals surface area contributed by atoms with Crippen molar-refractivity contribution in [2.45, 2.75) is 13.3 Å². The van der Waals surface area contributed by atoms with Crippen LogP contribution in [0.3, 0.4) is 0 Å². The fraction of sp³-hybridized carbons (Fsp3) is 0.286. The first kappa shape index (κ1) is 14.8. The van der Waals surface area contributed by atoms with Crippen LogP contribution in [-0.2, 0) is 4.79 Å². The van der Waals surface area contributed by atoms with Crippen molar-refractivity contribution in [2.75, 3.05) is 13.7 Å². The number of aliphatic carboxylic acids is 1. The van der Waals surface area contributed by atoms with Crippen molar-refractivity contribution in [3.63, 3.8) is 0 Å². The van der Waals surface area contributed by atoms with Crippen molar-refractivity contribution in [1.29, 1.82) is 0 Å². The van der Waals surface area contributed by atoms with Crippen LogP contribution in [0, 0.1) is 0 Å². The Bertz CT molecular complexity index is 491. The Hall–Kier alpha value is -2.30. The molecular formula is C14H16O5. The number of ether oxygens (including phenoxy) is 2. The third-order valence-corrected chi connectivity index (χ3v) is 2.29. The largest absolute Gasteiger partial charge is 0.493 e. The zero-order valence-electron chi connectivity index (χ0n) is 10.9. The number of methoxy groups -OCH3 is 1. The van der Waals surface area contributed by atoms with Gasteiger partial charge in [-0.15, -0.1) is 0 Å². The highest BCUT2D eigenvalue weighted by molar-refractivity contribution is 6.07. The van der Waals surface area contributed by atoms with E-state index in [9.17, 15) is 9.59 Å². The van der Waals surface area contributed by atoms with Crippen molar-refractivity contribution >= 4 is 11.8 Å². The van der Waals surface area contributed by atoms with Gasteiger partial charge in [-0.25, -0.2) is 4.79 Å². The van der Waals surface area contributed by atoms with Crippen LogP contribution in [0.15, 0.2) is 30.4 Å². The number of carboxylic acids is 1. The molecule has 0 spiro atoms. The zero-order valence-corrected chi connectivity index (χ0v) is 10.9. The molecule has 0 aliphatic rings. The van der Waals surface area contributed by atoms with Crippen LogP contribution in [0.4, 0.5) is 0 Å². The number of allylic oxidation sites excluding steroid dienone is 1. The van der Waals surface area contributed by atoms with Gasteiger partial charge < -0.3 is 14.6 Å². The van der Waals surface area contributed by atoms with Gasteiger partial charge in [-0.3, -0.25) is 4.79 Å². The van der Waals surface area contributed by atoms with Gasteiger partial charge in [-0.05, 0) is 30.7 Å². The topological polar surface area (TPSA) is 72.8 Å². The summed E-state index contributed by atoms with van der Waals surface area (Å²) in [5, 5.41) is 8.47. The van der Waals surface area contributed by atoms with Gasteiger partial charge in [0.15, 0.2) is 17.3 Å². The van der Waals surface area contributed by atoms with E-state index in [0.717, 1.165) is 18.6 Å². The molecule has 0 fully saturated rings. The molecule has 5 nitrogen and oxygen atoms in total. The SMILES string of the molecule is CCCOc1ccc(C(=O)/C=C/C(=O)O)cc1OC. The number of carbonyl (C=O) groups excluding carboxylic acids is 1. The molecule has 0 heterocycles. The van der Waals surface area contributed by atoms with E-state index < -0.39 is 11.8 Å². The Labute approximate surface area is 111 Å². The van der Waals surface area contributed by atoms with Gasteiger partial charge in [0, 0.05) is 11.6 Å². The van der Waals surface area contributed by atoms with Gasteiger partial charge in [-0.1, -0.05) is 6.92 Å². The van der Waals surface area contributed by atoms with Crippen LogP contribution in [0.1, 0.15) is 23.7 Å². The highest BCUT2D eigenvalue weighted by Gasteiger charge is 2.09. The lowest BCUT2D eigenvalue weighted by Gasteiger charge is -2.10. The fourth-order valence-corrected chi connectivity index (χ4v) is 1.40. The lowest BCUT2D eigenvalue weighted by molar-refractivity contribution is -0.131. The van der Waals surface area contributed by atoms with E-state index in [2.05, 4.69) is 0 Å². The van der Waals surface area contributed by atoms with Crippen LogP contribution in [0.2, 0.25) is 0 Å². The average Bonchev–Trinajstić information content (AvgIpc) is 2.42. The number of carbonyl (C=O) groups is 2. The second-order valence-electron chi connectivity index (χ2n) is 3.75. The molecule has 19 heavy (non-hydrogen) atoms. The summed E-state index contributed by atoms with van der Waals surface area (Å²) in [5.74, 6) is -0.558. The van der Waals surface area contributed by atoms with E-state index in [-0.39, 0.29) is 0 Å². The second-order valence-corrected chi connectivity index (χ2v) is 3.75. The molecule has 0 bridgehead atoms. The predicted octanol–water partition coefficient (Wildman–Crippen LogP) is 2.31. The first-order valence-electron chi connectivity index (χ1n) is 5.84. The molecule has 5 heteroatoms. The standard InChI is InChI=1S/C14H16O5/c1-3-8-19-12-6-4-10(9-13(12)18-2)11(15)5-7-14(16)17/h4-7,9H,3,8H2,1-2H3,(H,16,17)/b7-5+. The molecule has 0 atom stereocenters. The lowest BCUT2D eigenvalue weighted by atomic mass is 10.1.